The summed E-state index contributed by atoms with van der Waals surface area (Å²) < 4.78 is 0. The standard InChI is InChI=1S/C11H22N2O/c1-9(10(12)14)8-13-11(2)6-4-3-5-7-11/h9,13H,3-8H2,1-2H3,(H2,12,14). The second kappa shape index (κ2) is 4.78. The highest BCUT2D eigenvalue weighted by Gasteiger charge is 2.26. The van der Waals surface area contributed by atoms with Crippen LogP contribution in [0.25, 0.3) is 0 Å². The lowest BCUT2D eigenvalue weighted by Gasteiger charge is -2.35. The number of rotatable bonds is 4. The fraction of sp³-hybridized carbons (Fsp3) is 0.909. The first-order valence-electron chi connectivity index (χ1n) is 5.58. The SMILES string of the molecule is CC(CNC1(C)CCCCC1)C(N)=O. The molecule has 0 aliphatic heterocycles. The van der Waals surface area contributed by atoms with E-state index in [9.17, 15) is 4.79 Å². The molecule has 3 heteroatoms. The molecule has 0 saturated heterocycles. The van der Waals surface area contributed by atoms with E-state index in [1.807, 2.05) is 6.92 Å². The van der Waals surface area contributed by atoms with Gasteiger partial charge in [-0.25, -0.2) is 0 Å². The summed E-state index contributed by atoms with van der Waals surface area (Å²) in [5.74, 6) is -0.273. The van der Waals surface area contributed by atoms with E-state index in [0.717, 1.165) is 0 Å². The number of carbonyl (C=O) groups is 1. The molecule has 1 atom stereocenters. The van der Waals surface area contributed by atoms with Gasteiger partial charge in [-0.05, 0) is 19.8 Å². The Morgan fingerprint density at radius 2 is 2.00 bits per heavy atom. The lowest BCUT2D eigenvalue weighted by atomic mass is 9.83. The molecule has 1 aliphatic carbocycles. The van der Waals surface area contributed by atoms with Crippen molar-refractivity contribution in [2.75, 3.05) is 6.54 Å². The summed E-state index contributed by atoms with van der Waals surface area (Å²) in [5.41, 5.74) is 5.45. The number of nitrogens with two attached hydrogens (primary N) is 1. The molecule has 1 rings (SSSR count). The summed E-state index contributed by atoms with van der Waals surface area (Å²) in [5, 5.41) is 3.48. The van der Waals surface area contributed by atoms with Gasteiger partial charge >= 0.3 is 0 Å². The summed E-state index contributed by atoms with van der Waals surface area (Å²) in [4.78, 5) is 10.9. The second-order valence-corrected chi connectivity index (χ2v) is 4.81. The molecule has 0 heterocycles. The van der Waals surface area contributed by atoms with Crippen molar-refractivity contribution < 1.29 is 4.79 Å². The normalized spacial score (nSPS) is 23.0. The smallest absolute Gasteiger partial charge is 0.221 e. The number of amides is 1. The van der Waals surface area contributed by atoms with Crippen molar-refractivity contribution in [3.63, 3.8) is 0 Å². The van der Waals surface area contributed by atoms with Crippen molar-refractivity contribution in [3.05, 3.63) is 0 Å². The van der Waals surface area contributed by atoms with Crippen molar-refractivity contribution in [2.24, 2.45) is 11.7 Å². The zero-order chi connectivity index (χ0) is 10.6. The molecular weight excluding hydrogens is 176 g/mol. The van der Waals surface area contributed by atoms with Crippen LogP contribution in [0.5, 0.6) is 0 Å². The van der Waals surface area contributed by atoms with Crippen LogP contribution in [0.1, 0.15) is 46.0 Å². The van der Waals surface area contributed by atoms with Crippen LogP contribution < -0.4 is 11.1 Å². The van der Waals surface area contributed by atoms with Crippen LogP contribution in [0, 0.1) is 5.92 Å². The molecule has 14 heavy (non-hydrogen) atoms. The highest BCUT2D eigenvalue weighted by Crippen LogP contribution is 2.27. The Balaban J connectivity index is 2.31. The molecular formula is C11H22N2O. The van der Waals surface area contributed by atoms with E-state index >= 15 is 0 Å². The molecule has 3 N–H and O–H groups in total. The lowest BCUT2D eigenvalue weighted by molar-refractivity contribution is -0.121. The van der Waals surface area contributed by atoms with Crippen LogP contribution >= 0.6 is 0 Å². The average Bonchev–Trinajstić information content (AvgIpc) is 2.15. The first-order chi connectivity index (χ1) is 6.53. The van der Waals surface area contributed by atoms with Crippen LogP contribution in [0.3, 0.4) is 0 Å². The van der Waals surface area contributed by atoms with Crippen molar-refractivity contribution in [1.29, 1.82) is 0 Å². The third-order valence-electron chi connectivity index (χ3n) is 3.28. The Morgan fingerprint density at radius 1 is 1.43 bits per heavy atom. The summed E-state index contributed by atoms with van der Waals surface area (Å²) in [6.45, 7) is 4.84. The fourth-order valence-corrected chi connectivity index (χ4v) is 2.01. The van der Waals surface area contributed by atoms with Gasteiger partial charge in [0, 0.05) is 18.0 Å². The van der Waals surface area contributed by atoms with E-state index in [-0.39, 0.29) is 17.4 Å². The molecule has 1 saturated carbocycles. The summed E-state index contributed by atoms with van der Waals surface area (Å²) >= 11 is 0. The topological polar surface area (TPSA) is 55.1 Å². The predicted octanol–water partition coefficient (Wildman–Crippen LogP) is 1.42. The number of primary amides is 1. The molecule has 0 aromatic heterocycles. The first kappa shape index (κ1) is 11.5. The molecule has 0 spiro atoms. The average molecular weight is 198 g/mol. The van der Waals surface area contributed by atoms with Gasteiger partial charge in [-0.1, -0.05) is 26.2 Å². The molecule has 1 aliphatic rings. The fourth-order valence-electron chi connectivity index (χ4n) is 2.01. The van der Waals surface area contributed by atoms with Crippen LogP contribution in [-0.4, -0.2) is 18.0 Å². The Morgan fingerprint density at radius 3 is 2.50 bits per heavy atom. The van der Waals surface area contributed by atoms with E-state index in [0.29, 0.717) is 6.54 Å². The molecule has 0 aromatic carbocycles. The summed E-state index contributed by atoms with van der Waals surface area (Å²) in [6.07, 6.45) is 6.39. The second-order valence-electron chi connectivity index (χ2n) is 4.81. The number of hydrogen-bond donors (Lipinski definition) is 2. The van der Waals surface area contributed by atoms with Gasteiger partial charge in [0.25, 0.3) is 0 Å². The van der Waals surface area contributed by atoms with E-state index in [1.54, 1.807) is 0 Å². The third kappa shape index (κ3) is 3.29. The van der Waals surface area contributed by atoms with Gasteiger partial charge in [-0.3, -0.25) is 4.79 Å². The Hall–Kier alpha value is -0.570. The Bertz CT molecular complexity index is 197. The van der Waals surface area contributed by atoms with E-state index in [2.05, 4.69) is 12.2 Å². The van der Waals surface area contributed by atoms with Gasteiger partial charge in [-0.2, -0.15) is 0 Å². The van der Waals surface area contributed by atoms with Gasteiger partial charge in [0.15, 0.2) is 0 Å². The van der Waals surface area contributed by atoms with Gasteiger partial charge in [-0.15, -0.1) is 0 Å². The van der Waals surface area contributed by atoms with Crippen LogP contribution in [0.4, 0.5) is 0 Å². The molecule has 1 unspecified atom stereocenters. The van der Waals surface area contributed by atoms with Crippen molar-refractivity contribution in [3.8, 4) is 0 Å². The summed E-state index contributed by atoms with van der Waals surface area (Å²) in [7, 11) is 0. The van der Waals surface area contributed by atoms with Crippen LogP contribution in [0.15, 0.2) is 0 Å². The van der Waals surface area contributed by atoms with Gasteiger partial charge in [0.05, 0.1) is 0 Å². The molecule has 82 valence electrons. The van der Waals surface area contributed by atoms with Gasteiger partial charge in [0.2, 0.25) is 5.91 Å². The van der Waals surface area contributed by atoms with Crippen molar-refractivity contribution >= 4 is 5.91 Å². The maximum absolute atomic E-state index is 10.9. The minimum Gasteiger partial charge on any atom is -0.369 e. The molecule has 1 amide bonds. The zero-order valence-electron chi connectivity index (χ0n) is 9.31. The number of carbonyl (C=O) groups excluding carboxylic acids is 1. The third-order valence-corrected chi connectivity index (χ3v) is 3.28. The molecule has 0 aromatic rings. The zero-order valence-corrected chi connectivity index (χ0v) is 9.31. The highest BCUT2D eigenvalue weighted by atomic mass is 16.1. The van der Waals surface area contributed by atoms with E-state index in [4.69, 9.17) is 5.73 Å². The van der Waals surface area contributed by atoms with Crippen molar-refractivity contribution in [2.45, 2.75) is 51.5 Å². The van der Waals surface area contributed by atoms with E-state index < -0.39 is 0 Å². The minimum atomic E-state index is -0.211. The largest absolute Gasteiger partial charge is 0.369 e. The first-order valence-corrected chi connectivity index (χ1v) is 5.58. The Labute approximate surface area is 86.4 Å². The quantitative estimate of drug-likeness (QED) is 0.718. The highest BCUT2D eigenvalue weighted by molar-refractivity contribution is 5.76. The minimum absolute atomic E-state index is 0.0613. The maximum Gasteiger partial charge on any atom is 0.221 e. The van der Waals surface area contributed by atoms with Gasteiger partial charge in [0.1, 0.15) is 0 Å². The monoisotopic (exact) mass is 198 g/mol. The predicted molar refractivity (Wildman–Crippen MR) is 57.9 cm³/mol. The molecule has 3 nitrogen and oxygen atoms in total. The number of nitrogens with one attached hydrogen (secondary N) is 1. The van der Waals surface area contributed by atoms with Gasteiger partial charge < -0.3 is 11.1 Å². The van der Waals surface area contributed by atoms with Crippen molar-refractivity contribution in [1.82, 2.24) is 5.32 Å². The Kier molecular flexibility index (Phi) is 3.93. The lowest BCUT2D eigenvalue weighted by Crippen LogP contribution is -2.47. The number of hydrogen-bond acceptors (Lipinski definition) is 2. The van der Waals surface area contributed by atoms with Crippen LogP contribution in [-0.2, 0) is 4.79 Å². The van der Waals surface area contributed by atoms with E-state index in [1.165, 1.54) is 32.1 Å². The summed E-state index contributed by atoms with van der Waals surface area (Å²) in [6, 6.07) is 0. The molecule has 0 radical (unpaired) electrons. The molecule has 1 fully saturated rings. The maximum atomic E-state index is 10.9. The van der Waals surface area contributed by atoms with Crippen LogP contribution in [0.2, 0.25) is 0 Å². The molecule has 0 bridgehead atoms.